The molecule has 2 aromatic rings. The molecule has 0 bridgehead atoms. The van der Waals surface area contributed by atoms with Crippen molar-refractivity contribution < 1.29 is 9.59 Å². The van der Waals surface area contributed by atoms with Gasteiger partial charge in [0.25, 0.3) is 5.91 Å². The number of hydrazone groups is 1. The Balaban J connectivity index is 1.45. The van der Waals surface area contributed by atoms with E-state index in [1.54, 1.807) is 0 Å². The molecule has 2 amide bonds. The molecule has 7 nitrogen and oxygen atoms in total. The molecule has 0 aliphatic carbocycles. The van der Waals surface area contributed by atoms with Crippen molar-refractivity contribution in [2.45, 2.75) is 26.7 Å². The van der Waals surface area contributed by atoms with Gasteiger partial charge < -0.3 is 15.1 Å². The normalized spacial score (nSPS) is 17.5. The fourth-order valence-corrected chi connectivity index (χ4v) is 4.08. The molecule has 7 heteroatoms. The van der Waals surface area contributed by atoms with Crippen LogP contribution in [0.25, 0.3) is 0 Å². The van der Waals surface area contributed by atoms with Crippen molar-refractivity contribution in [1.29, 1.82) is 0 Å². The van der Waals surface area contributed by atoms with E-state index in [0.29, 0.717) is 17.8 Å². The van der Waals surface area contributed by atoms with Gasteiger partial charge >= 0.3 is 0 Å². The number of rotatable bonds is 5. The lowest BCUT2D eigenvalue weighted by molar-refractivity contribution is -0.118. The quantitative estimate of drug-likeness (QED) is 0.808. The minimum absolute atomic E-state index is 0.105. The summed E-state index contributed by atoms with van der Waals surface area (Å²) in [7, 11) is 0. The van der Waals surface area contributed by atoms with Gasteiger partial charge in [0.15, 0.2) is 0 Å². The SMILES string of the molecule is CCN1CCN(c2ccc(NC(=O)C3=NN(c4ccccc4)C(=O)CC3)cc2C)CC1. The maximum Gasteiger partial charge on any atom is 0.271 e. The van der Waals surface area contributed by atoms with E-state index in [1.807, 2.05) is 42.5 Å². The zero-order valence-corrected chi connectivity index (χ0v) is 18.2. The van der Waals surface area contributed by atoms with E-state index in [0.717, 1.165) is 44.0 Å². The molecule has 1 N–H and O–H groups in total. The molecule has 2 heterocycles. The Labute approximate surface area is 183 Å². The first-order chi connectivity index (χ1) is 15.0. The number of carbonyl (C=O) groups excluding carboxylic acids is 2. The molecule has 0 saturated carbocycles. The number of amides is 2. The van der Waals surface area contributed by atoms with Gasteiger partial charge in [0.2, 0.25) is 5.91 Å². The van der Waals surface area contributed by atoms with Crippen molar-refractivity contribution in [3.05, 3.63) is 54.1 Å². The van der Waals surface area contributed by atoms with Crippen LogP contribution >= 0.6 is 0 Å². The van der Waals surface area contributed by atoms with Crippen LogP contribution in [0, 0.1) is 6.92 Å². The summed E-state index contributed by atoms with van der Waals surface area (Å²) in [6, 6.07) is 15.2. The van der Waals surface area contributed by atoms with Gasteiger partial charge in [-0.2, -0.15) is 5.10 Å². The van der Waals surface area contributed by atoms with Gasteiger partial charge in [-0.1, -0.05) is 25.1 Å². The summed E-state index contributed by atoms with van der Waals surface area (Å²) in [5.74, 6) is -0.372. The number of aryl methyl sites for hydroxylation is 1. The summed E-state index contributed by atoms with van der Waals surface area (Å²) < 4.78 is 0. The number of carbonyl (C=O) groups is 2. The molecule has 0 radical (unpaired) electrons. The van der Waals surface area contributed by atoms with Gasteiger partial charge in [0.1, 0.15) is 5.71 Å². The maximum absolute atomic E-state index is 12.8. The topological polar surface area (TPSA) is 68.2 Å². The molecule has 0 atom stereocenters. The van der Waals surface area contributed by atoms with E-state index in [9.17, 15) is 9.59 Å². The molecule has 2 aliphatic heterocycles. The molecule has 0 unspecified atom stereocenters. The fourth-order valence-electron chi connectivity index (χ4n) is 4.08. The maximum atomic E-state index is 12.8. The van der Waals surface area contributed by atoms with Crippen LogP contribution in [-0.2, 0) is 9.59 Å². The van der Waals surface area contributed by atoms with E-state index < -0.39 is 0 Å². The Morgan fingerprint density at radius 1 is 1.03 bits per heavy atom. The first-order valence-corrected chi connectivity index (χ1v) is 10.9. The number of nitrogens with one attached hydrogen (secondary N) is 1. The second-order valence-corrected chi connectivity index (χ2v) is 7.96. The van der Waals surface area contributed by atoms with Crippen molar-refractivity contribution in [3.8, 4) is 0 Å². The third-order valence-corrected chi connectivity index (χ3v) is 5.91. The van der Waals surface area contributed by atoms with E-state index in [2.05, 4.69) is 40.1 Å². The average molecular weight is 420 g/mol. The number of hydrogen-bond donors (Lipinski definition) is 1. The average Bonchev–Trinajstić information content (AvgIpc) is 2.80. The minimum Gasteiger partial charge on any atom is -0.369 e. The van der Waals surface area contributed by atoms with Crippen molar-refractivity contribution in [1.82, 2.24) is 4.90 Å². The highest BCUT2D eigenvalue weighted by Gasteiger charge is 2.26. The predicted octanol–water partition coefficient (Wildman–Crippen LogP) is 3.26. The number of anilines is 3. The summed E-state index contributed by atoms with van der Waals surface area (Å²) in [4.78, 5) is 30.0. The van der Waals surface area contributed by atoms with Gasteiger partial charge in [0.05, 0.1) is 5.69 Å². The molecule has 162 valence electrons. The molecule has 1 saturated heterocycles. The lowest BCUT2D eigenvalue weighted by atomic mass is 10.1. The number of nitrogens with zero attached hydrogens (tertiary/aromatic N) is 4. The third-order valence-electron chi connectivity index (χ3n) is 5.91. The number of para-hydroxylation sites is 1. The molecule has 0 spiro atoms. The Hall–Kier alpha value is -3.19. The van der Waals surface area contributed by atoms with Crippen molar-refractivity contribution in [2.75, 3.05) is 47.9 Å². The number of likely N-dealkylation sites (N-methyl/N-ethyl adjacent to an activating group) is 1. The Morgan fingerprint density at radius 3 is 2.45 bits per heavy atom. The Bertz CT molecular complexity index is 981. The summed E-state index contributed by atoms with van der Waals surface area (Å²) in [5.41, 5.74) is 4.12. The van der Waals surface area contributed by atoms with Crippen LogP contribution < -0.4 is 15.2 Å². The van der Waals surface area contributed by atoms with Crippen molar-refractivity contribution in [2.24, 2.45) is 5.10 Å². The molecule has 2 aromatic carbocycles. The van der Waals surface area contributed by atoms with Crippen LogP contribution in [0.2, 0.25) is 0 Å². The summed E-state index contributed by atoms with van der Waals surface area (Å²) >= 11 is 0. The van der Waals surface area contributed by atoms with Gasteiger partial charge in [-0.15, -0.1) is 0 Å². The molecular formula is C24H29N5O2. The second kappa shape index (κ2) is 9.31. The first kappa shape index (κ1) is 21.1. The lowest BCUT2D eigenvalue weighted by Gasteiger charge is -2.36. The monoisotopic (exact) mass is 419 g/mol. The van der Waals surface area contributed by atoms with Crippen LogP contribution in [0.4, 0.5) is 17.1 Å². The molecule has 1 fully saturated rings. The first-order valence-electron chi connectivity index (χ1n) is 10.9. The zero-order valence-electron chi connectivity index (χ0n) is 18.2. The summed E-state index contributed by atoms with van der Waals surface area (Å²) in [6.45, 7) is 9.54. The van der Waals surface area contributed by atoms with Crippen LogP contribution in [0.5, 0.6) is 0 Å². The largest absolute Gasteiger partial charge is 0.369 e. The number of benzene rings is 2. The second-order valence-electron chi connectivity index (χ2n) is 7.96. The smallest absolute Gasteiger partial charge is 0.271 e. The number of hydrogen-bond acceptors (Lipinski definition) is 5. The zero-order chi connectivity index (χ0) is 21.8. The highest BCUT2D eigenvalue weighted by Crippen LogP contribution is 2.25. The molecule has 31 heavy (non-hydrogen) atoms. The summed E-state index contributed by atoms with van der Waals surface area (Å²) in [5, 5.41) is 8.61. The van der Waals surface area contributed by atoms with Crippen LogP contribution in [-0.4, -0.2) is 55.1 Å². The van der Waals surface area contributed by atoms with Crippen molar-refractivity contribution in [3.63, 3.8) is 0 Å². The van der Waals surface area contributed by atoms with Crippen molar-refractivity contribution >= 4 is 34.6 Å². The lowest BCUT2D eigenvalue weighted by Crippen LogP contribution is -2.46. The highest BCUT2D eigenvalue weighted by molar-refractivity contribution is 6.44. The molecule has 4 rings (SSSR count). The Morgan fingerprint density at radius 2 is 1.77 bits per heavy atom. The van der Waals surface area contributed by atoms with Gasteiger partial charge in [-0.05, 0) is 49.4 Å². The van der Waals surface area contributed by atoms with E-state index >= 15 is 0 Å². The molecule has 0 aromatic heterocycles. The highest BCUT2D eigenvalue weighted by atomic mass is 16.2. The van der Waals surface area contributed by atoms with E-state index in [4.69, 9.17) is 0 Å². The fraction of sp³-hybridized carbons (Fsp3) is 0.375. The minimum atomic E-state index is -0.267. The van der Waals surface area contributed by atoms with Crippen LogP contribution in [0.15, 0.2) is 53.6 Å². The Kier molecular flexibility index (Phi) is 6.32. The van der Waals surface area contributed by atoms with E-state index in [-0.39, 0.29) is 18.2 Å². The van der Waals surface area contributed by atoms with Gasteiger partial charge in [0, 0.05) is 50.4 Å². The standard InChI is InChI=1S/C24H29N5O2/c1-3-27-13-15-28(16-14-27)22-11-9-19(17-18(22)2)25-24(31)21-10-12-23(30)29(26-21)20-7-5-4-6-8-20/h4-9,11,17H,3,10,12-16H2,1-2H3,(H,25,31). The molecule has 2 aliphatic rings. The predicted molar refractivity (Wildman–Crippen MR) is 125 cm³/mol. The summed E-state index contributed by atoms with van der Waals surface area (Å²) in [6.07, 6.45) is 0.607. The third kappa shape index (κ3) is 4.77. The van der Waals surface area contributed by atoms with Crippen LogP contribution in [0.1, 0.15) is 25.3 Å². The van der Waals surface area contributed by atoms with Gasteiger partial charge in [-0.25, -0.2) is 5.01 Å². The van der Waals surface area contributed by atoms with E-state index in [1.165, 1.54) is 10.7 Å². The van der Waals surface area contributed by atoms with Crippen LogP contribution in [0.3, 0.4) is 0 Å². The number of piperazine rings is 1. The molecular weight excluding hydrogens is 390 g/mol. The van der Waals surface area contributed by atoms with Gasteiger partial charge in [-0.3, -0.25) is 9.59 Å².